The molecule has 0 bridgehead atoms. The van der Waals surface area contributed by atoms with Crippen LogP contribution < -0.4 is 0 Å². The molecule has 0 unspecified atom stereocenters. The Morgan fingerprint density at radius 3 is 1.23 bits per heavy atom. The van der Waals surface area contributed by atoms with Crippen LogP contribution in [0.3, 0.4) is 0 Å². The van der Waals surface area contributed by atoms with E-state index in [1.54, 1.807) is 0 Å². The van der Waals surface area contributed by atoms with E-state index in [0.29, 0.717) is 25.8 Å². The average molecular weight is 785 g/mol. The van der Waals surface area contributed by atoms with E-state index in [1.165, 1.54) is 64.2 Å². The Labute approximate surface area is 343 Å². The van der Waals surface area contributed by atoms with Crippen molar-refractivity contribution in [2.75, 3.05) is 59.6 Å². The van der Waals surface area contributed by atoms with Crippen LogP contribution in [0.15, 0.2) is 48.6 Å². The Hall–Kier alpha value is -2.71. The molecule has 1 heterocycles. The van der Waals surface area contributed by atoms with Gasteiger partial charge in [0, 0.05) is 45.6 Å². The van der Waals surface area contributed by atoms with Crippen LogP contribution in [0.1, 0.15) is 174 Å². The summed E-state index contributed by atoms with van der Waals surface area (Å²) in [4.78, 5) is 42.3. The van der Waals surface area contributed by atoms with Gasteiger partial charge >= 0.3 is 17.9 Å². The van der Waals surface area contributed by atoms with Gasteiger partial charge < -0.3 is 24.0 Å². The lowest BCUT2D eigenvalue weighted by molar-refractivity contribution is -0.153. The Balaban J connectivity index is 2.28. The summed E-state index contributed by atoms with van der Waals surface area (Å²) in [5.74, 6) is -1.16. The minimum absolute atomic E-state index is 0.0650. The molecular formula is C48H84N2O6. The summed E-state index contributed by atoms with van der Waals surface area (Å²) in [7, 11) is 2.11. The Bertz CT molecular complexity index is 1000. The number of hydrogen-bond donors (Lipinski definition) is 0. The van der Waals surface area contributed by atoms with Crippen molar-refractivity contribution in [3.8, 4) is 0 Å². The molecule has 0 aromatic heterocycles. The van der Waals surface area contributed by atoms with Gasteiger partial charge in [-0.25, -0.2) is 0 Å². The van der Waals surface area contributed by atoms with Crippen molar-refractivity contribution in [2.24, 2.45) is 5.92 Å². The molecule has 0 radical (unpaired) electrons. The van der Waals surface area contributed by atoms with Crippen LogP contribution >= 0.6 is 0 Å². The van der Waals surface area contributed by atoms with Gasteiger partial charge in [-0.1, -0.05) is 127 Å². The summed E-state index contributed by atoms with van der Waals surface area (Å²) in [6.45, 7) is 9.24. The zero-order valence-corrected chi connectivity index (χ0v) is 36.4. The van der Waals surface area contributed by atoms with E-state index in [2.05, 4.69) is 79.3 Å². The second-order valence-electron chi connectivity index (χ2n) is 15.8. The molecule has 1 aliphatic heterocycles. The summed E-state index contributed by atoms with van der Waals surface area (Å²) < 4.78 is 16.8. The van der Waals surface area contributed by atoms with E-state index < -0.39 is 0 Å². The lowest BCUT2D eigenvalue weighted by atomic mass is 10.1. The molecule has 0 atom stereocenters. The normalized spacial score (nSPS) is 14.3. The second kappa shape index (κ2) is 39.1. The van der Waals surface area contributed by atoms with Gasteiger partial charge in [0.15, 0.2) is 0 Å². The molecule has 0 amide bonds. The number of unbranched alkanes of at least 4 members (excludes halogenated alkanes) is 16. The molecule has 0 aromatic rings. The second-order valence-corrected chi connectivity index (χ2v) is 15.8. The summed E-state index contributed by atoms with van der Waals surface area (Å²) in [6, 6.07) is 0. The summed E-state index contributed by atoms with van der Waals surface area (Å²) in [5.41, 5.74) is 0. The smallest absolute Gasteiger partial charge is 0.307 e. The maximum atomic E-state index is 12.6. The molecule has 8 heteroatoms. The van der Waals surface area contributed by atoms with E-state index >= 15 is 0 Å². The zero-order valence-electron chi connectivity index (χ0n) is 36.4. The van der Waals surface area contributed by atoms with Gasteiger partial charge in [-0.2, -0.15) is 0 Å². The van der Waals surface area contributed by atoms with E-state index in [9.17, 15) is 14.4 Å². The molecule has 0 aromatic carbocycles. The van der Waals surface area contributed by atoms with Crippen molar-refractivity contribution in [1.82, 2.24) is 9.80 Å². The number of carbonyl (C=O) groups is 3. The maximum absolute atomic E-state index is 12.6. The summed E-state index contributed by atoms with van der Waals surface area (Å²) >= 11 is 0. The molecule has 322 valence electrons. The van der Waals surface area contributed by atoms with Crippen molar-refractivity contribution in [3.63, 3.8) is 0 Å². The first-order valence-electron chi connectivity index (χ1n) is 22.9. The molecular weight excluding hydrogens is 701 g/mol. The predicted molar refractivity (Wildman–Crippen MR) is 234 cm³/mol. The Morgan fingerprint density at radius 1 is 0.464 bits per heavy atom. The molecule has 1 rings (SSSR count). The standard InChI is InChI=1S/C48H84N2O6/c1-4-6-8-10-12-14-16-18-20-22-24-26-28-30-32-34-46(51)54-42-45(44-56-48(53)36-37-50-40-38-49(3)39-41-50)43-55-47(52)35-33-31-29-27-25-23-21-19-17-15-13-11-9-7-5-2/h12-15,18-21,45H,4-11,16-17,22-44H2,1-3H3/b14-12-,15-13-,20-18-,21-19-. The molecule has 0 N–H and O–H groups in total. The maximum Gasteiger partial charge on any atom is 0.307 e. The van der Waals surface area contributed by atoms with Crippen LogP contribution in [-0.2, 0) is 28.6 Å². The highest BCUT2D eigenvalue weighted by Gasteiger charge is 2.19. The van der Waals surface area contributed by atoms with Crippen LogP contribution in [0.5, 0.6) is 0 Å². The van der Waals surface area contributed by atoms with E-state index in [4.69, 9.17) is 14.2 Å². The minimum atomic E-state index is -0.385. The molecule has 0 spiro atoms. The molecule has 1 aliphatic rings. The molecule has 1 saturated heterocycles. The average Bonchev–Trinajstić information content (AvgIpc) is 3.20. The highest BCUT2D eigenvalue weighted by atomic mass is 16.6. The van der Waals surface area contributed by atoms with Crippen molar-refractivity contribution in [3.05, 3.63) is 48.6 Å². The zero-order chi connectivity index (χ0) is 40.6. The van der Waals surface area contributed by atoms with Gasteiger partial charge in [0.05, 0.1) is 12.3 Å². The third-order valence-electron chi connectivity index (χ3n) is 10.3. The fraction of sp³-hybridized carbons (Fsp3) is 0.771. The molecule has 0 aliphatic carbocycles. The first-order valence-corrected chi connectivity index (χ1v) is 22.9. The summed E-state index contributed by atoms with van der Waals surface area (Å²) in [5, 5.41) is 0. The van der Waals surface area contributed by atoms with Gasteiger partial charge in [0.25, 0.3) is 0 Å². The minimum Gasteiger partial charge on any atom is -0.465 e. The number of nitrogens with zero attached hydrogens (tertiary/aromatic N) is 2. The van der Waals surface area contributed by atoms with Crippen LogP contribution in [0.25, 0.3) is 0 Å². The number of piperazine rings is 1. The third kappa shape index (κ3) is 34.5. The lowest BCUT2D eigenvalue weighted by Gasteiger charge is -2.32. The van der Waals surface area contributed by atoms with Gasteiger partial charge in [0.1, 0.15) is 19.8 Å². The fourth-order valence-corrected chi connectivity index (χ4v) is 6.48. The van der Waals surface area contributed by atoms with Crippen molar-refractivity contribution in [1.29, 1.82) is 0 Å². The van der Waals surface area contributed by atoms with E-state index in [1.807, 2.05) is 0 Å². The number of ether oxygens (including phenoxy) is 3. The van der Waals surface area contributed by atoms with Gasteiger partial charge in [-0.15, -0.1) is 0 Å². The van der Waals surface area contributed by atoms with Crippen molar-refractivity contribution < 1.29 is 28.6 Å². The lowest BCUT2D eigenvalue weighted by Crippen LogP contribution is -2.45. The molecule has 56 heavy (non-hydrogen) atoms. The Kier molecular flexibility index (Phi) is 35.9. The molecule has 0 saturated carbocycles. The van der Waals surface area contributed by atoms with Crippen LogP contribution in [0, 0.1) is 5.92 Å². The van der Waals surface area contributed by atoms with Crippen LogP contribution in [0.2, 0.25) is 0 Å². The van der Waals surface area contributed by atoms with Gasteiger partial charge in [0.2, 0.25) is 0 Å². The first-order chi connectivity index (χ1) is 27.4. The van der Waals surface area contributed by atoms with Crippen molar-refractivity contribution >= 4 is 17.9 Å². The predicted octanol–water partition coefficient (Wildman–Crippen LogP) is 11.5. The number of carbonyl (C=O) groups excluding carboxylic acids is 3. The van der Waals surface area contributed by atoms with Crippen LogP contribution in [-0.4, -0.2) is 87.3 Å². The number of hydrogen-bond acceptors (Lipinski definition) is 8. The highest BCUT2D eigenvalue weighted by molar-refractivity contribution is 5.70. The first kappa shape index (κ1) is 51.3. The Morgan fingerprint density at radius 2 is 0.821 bits per heavy atom. The van der Waals surface area contributed by atoms with Gasteiger partial charge in [-0.05, 0) is 84.1 Å². The van der Waals surface area contributed by atoms with Gasteiger partial charge in [-0.3, -0.25) is 14.4 Å². The number of likely N-dealkylation sites (N-methyl/N-ethyl adjacent to an activating group) is 1. The fourth-order valence-electron chi connectivity index (χ4n) is 6.48. The topological polar surface area (TPSA) is 85.4 Å². The largest absolute Gasteiger partial charge is 0.465 e. The number of esters is 3. The monoisotopic (exact) mass is 785 g/mol. The van der Waals surface area contributed by atoms with Crippen LogP contribution in [0.4, 0.5) is 0 Å². The molecule has 1 fully saturated rings. The highest BCUT2D eigenvalue weighted by Crippen LogP contribution is 2.12. The SMILES string of the molecule is CCCCC/C=C\C/C=C\CCCCCCCC(=O)OCC(COC(=O)CCCCCCC/C=C\C/C=C\CCCCC)COC(=O)CCN1CCN(C)CC1. The van der Waals surface area contributed by atoms with Crippen molar-refractivity contribution in [2.45, 2.75) is 174 Å². The third-order valence-corrected chi connectivity index (χ3v) is 10.3. The number of rotatable bonds is 37. The quantitative estimate of drug-likeness (QED) is 0.0266. The molecule has 8 nitrogen and oxygen atoms in total. The number of allylic oxidation sites excluding steroid dienone is 8. The van der Waals surface area contributed by atoms with E-state index in [0.717, 1.165) is 103 Å². The van der Waals surface area contributed by atoms with E-state index in [-0.39, 0.29) is 43.6 Å². The summed E-state index contributed by atoms with van der Waals surface area (Å²) in [6.07, 6.45) is 44.1.